The molecule has 0 atom stereocenters. The van der Waals surface area contributed by atoms with Crippen LogP contribution in [-0.4, -0.2) is 21.6 Å². The molecule has 2 rings (SSSR count). The van der Waals surface area contributed by atoms with Crippen molar-refractivity contribution in [3.05, 3.63) is 45.8 Å². The number of amides is 1. The van der Waals surface area contributed by atoms with Crippen LogP contribution in [-0.2, 0) is 4.79 Å². The number of nitrogens with zero attached hydrogens (tertiary/aromatic N) is 2. The third-order valence-corrected chi connectivity index (χ3v) is 3.88. The van der Waals surface area contributed by atoms with Crippen LogP contribution >= 0.6 is 34.4 Å². The molecular formula is C13H12IN3OS. The number of carbonyl (C=O) groups is 1. The molecule has 0 saturated heterocycles. The summed E-state index contributed by atoms with van der Waals surface area (Å²) in [6, 6.07) is 7.66. The highest BCUT2D eigenvalue weighted by Gasteiger charge is 2.06. The summed E-state index contributed by atoms with van der Waals surface area (Å²) >= 11 is 3.57. The Morgan fingerprint density at radius 2 is 2.11 bits per heavy atom. The van der Waals surface area contributed by atoms with E-state index in [2.05, 4.69) is 37.9 Å². The molecule has 4 nitrogen and oxygen atoms in total. The summed E-state index contributed by atoms with van der Waals surface area (Å²) < 4.78 is 1.15. The predicted molar refractivity (Wildman–Crippen MR) is 85.3 cm³/mol. The van der Waals surface area contributed by atoms with Gasteiger partial charge in [-0.05, 0) is 59.3 Å². The van der Waals surface area contributed by atoms with Crippen LogP contribution in [0, 0.1) is 10.5 Å². The zero-order chi connectivity index (χ0) is 13.7. The van der Waals surface area contributed by atoms with Gasteiger partial charge in [0.1, 0.15) is 0 Å². The van der Waals surface area contributed by atoms with Gasteiger partial charge < -0.3 is 5.32 Å². The maximum atomic E-state index is 11.8. The van der Waals surface area contributed by atoms with Gasteiger partial charge in [0.2, 0.25) is 5.91 Å². The minimum Gasteiger partial charge on any atom is -0.325 e. The molecule has 0 aliphatic carbocycles. The van der Waals surface area contributed by atoms with Gasteiger partial charge in [-0.15, -0.1) is 0 Å². The largest absolute Gasteiger partial charge is 0.325 e. The lowest BCUT2D eigenvalue weighted by molar-refractivity contribution is -0.113. The fraction of sp³-hybridized carbons (Fsp3) is 0.154. The number of hydrogen-bond acceptors (Lipinski definition) is 4. The number of hydrogen-bond donors (Lipinski definition) is 1. The van der Waals surface area contributed by atoms with Crippen molar-refractivity contribution >= 4 is 45.9 Å². The van der Waals surface area contributed by atoms with E-state index in [9.17, 15) is 4.79 Å². The number of carbonyl (C=O) groups excluding carboxylic acids is 1. The second-order valence-electron chi connectivity index (χ2n) is 3.83. The smallest absolute Gasteiger partial charge is 0.234 e. The Labute approximate surface area is 129 Å². The lowest BCUT2D eigenvalue weighted by Gasteiger charge is -2.08. The molecule has 0 fully saturated rings. The molecule has 1 heterocycles. The molecule has 0 bridgehead atoms. The first-order valence-electron chi connectivity index (χ1n) is 5.61. The van der Waals surface area contributed by atoms with Crippen molar-refractivity contribution in [2.75, 3.05) is 11.1 Å². The number of thioether (sulfide) groups is 1. The zero-order valence-corrected chi connectivity index (χ0v) is 13.2. The van der Waals surface area contributed by atoms with Crippen LogP contribution < -0.4 is 5.32 Å². The molecule has 0 radical (unpaired) electrons. The van der Waals surface area contributed by atoms with Crippen molar-refractivity contribution in [3.63, 3.8) is 0 Å². The van der Waals surface area contributed by atoms with Crippen LogP contribution in [0.15, 0.2) is 41.8 Å². The van der Waals surface area contributed by atoms with Gasteiger partial charge in [0, 0.05) is 21.7 Å². The topological polar surface area (TPSA) is 54.9 Å². The first kappa shape index (κ1) is 14.3. The van der Waals surface area contributed by atoms with Gasteiger partial charge in [-0.2, -0.15) is 0 Å². The highest BCUT2D eigenvalue weighted by Crippen LogP contribution is 2.18. The van der Waals surface area contributed by atoms with Crippen LogP contribution in [0.1, 0.15) is 5.56 Å². The summed E-state index contributed by atoms with van der Waals surface area (Å²) in [6.45, 7) is 1.98. The number of rotatable bonds is 4. The van der Waals surface area contributed by atoms with Gasteiger partial charge in [-0.25, -0.2) is 9.97 Å². The molecule has 2 aromatic rings. The van der Waals surface area contributed by atoms with Gasteiger partial charge in [0.15, 0.2) is 5.16 Å². The lowest BCUT2D eigenvalue weighted by Crippen LogP contribution is -2.15. The van der Waals surface area contributed by atoms with Crippen LogP contribution in [0.3, 0.4) is 0 Å². The van der Waals surface area contributed by atoms with Gasteiger partial charge >= 0.3 is 0 Å². The minimum atomic E-state index is -0.0539. The Hall–Kier alpha value is -1.15. The van der Waals surface area contributed by atoms with Gasteiger partial charge in [0.25, 0.3) is 0 Å². The maximum Gasteiger partial charge on any atom is 0.234 e. The second-order valence-corrected chi connectivity index (χ2v) is 6.02. The molecule has 1 amide bonds. The van der Waals surface area contributed by atoms with Crippen LogP contribution in [0.2, 0.25) is 0 Å². The van der Waals surface area contributed by atoms with Gasteiger partial charge in [0.05, 0.1) is 5.75 Å². The molecule has 98 valence electrons. The van der Waals surface area contributed by atoms with E-state index in [1.165, 1.54) is 11.8 Å². The third kappa shape index (κ3) is 4.46. The Bertz CT molecular complexity index is 577. The molecule has 0 unspecified atom stereocenters. The molecule has 0 aliphatic heterocycles. The monoisotopic (exact) mass is 385 g/mol. The van der Waals surface area contributed by atoms with E-state index >= 15 is 0 Å². The SMILES string of the molecule is Cc1cc(I)ccc1NC(=O)CSc1ncccn1. The van der Waals surface area contributed by atoms with Crippen LogP contribution in [0.25, 0.3) is 0 Å². The van der Waals surface area contributed by atoms with E-state index in [4.69, 9.17) is 0 Å². The zero-order valence-electron chi connectivity index (χ0n) is 10.3. The lowest BCUT2D eigenvalue weighted by atomic mass is 10.2. The standard InChI is InChI=1S/C13H12IN3OS/c1-9-7-10(14)3-4-11(9)17-12(18)8-19-13-15-5-2-6-16-13/h2-7H,8H2,1H3,(H,17,18). The molecule has 0 aliphatic rings. The van der Waals surface area contributed by atoms with E-state index in [1.54, 1.807) is 18.5 Å². The van der Waals surface area contributed by atoms with Gasteiger partial charge in [-0.3, -0.25) is 4.79 Å². The Kier molecular flexibility index (Phi) is 5.15. The molecule has 19 heavy (non-hydrogen) atoms. The number of aromatic nitrogens is 2. The highest BCUT2D eigenvalue weighted by molar-refractivity contribution is 14.1. The summed E-state index contributed by atoms with van der Waals surface area (Å²) in [5.41, 5.74) is 1.90. The third-order valence-electron chi connectivity index (χ3n) is 2.34. The molecule has 0 spiro atoms. The van der Waals surface area contributed by atoms with E-state index in [0.29, 0.717) is 10.9 Å². The van der Waals surface area contributed by atoms with Crippen molar-refractivity contribution in [1.29, 1.82) is 0 Å². The first-order chi connectivity index (χ1) is 9.15. The average Bonchev–Trinajstić information content (AvgIpc) is 2.41. The quantitative estimate of drug-likeness (QED) is 0.499. The van der Waals surface area contributed by atoms with Crippen LogP contribution in [0.4, 0.5) is 5.69 Å². The number of anilines is 1. The van der Waals surface area contributed by atoms with E-state index in [0.717, 1.165) is 14.8 Å². The van der Waals surface area contributed by atoms with Crippen molar-refractivity contribution in [3.8, 4) is 0 Å². The van der Waals surface area contributed by atoms with E-state index in [-0.39, 0.29) is 5.91 Å². The average molecular weight is 385 g/mol. The van der Waals surface area contributed by atoms with Crippen molar-refractivity contribution in [1.82, 2.24) is 9.97 Å². The van der Waals surface area contributed by atoms with Crippen molar-refractivity contribution in [2.45, 2.75) is 12.1 Å². The number of halogens is 1. The Morgan fingerprint density at radius 3 is 2.79 bits per heavy atom. The number of benzene rings is 1. The molecule has 1 aromatic heterocycles. The number of nitrogens with one attached hydrogen (secondary N) is 1. The molecule has 1 N–H and O–H groups in total. The number of aryl methyl sites for hydroxylation is 1. The fourth-order valence-electron chi connectivity index (χ4n) is 1.44. The first-order valence-corrected chi connectivity index (χ1v) is 7.67. The fourth-order valence-corrected chi connectivity index (χ4v) is 2.69. The summed E-state index contributed by atoms with van der Waals surface area (Å²) in [5.74, 6) is 0.247. The van der Waals surface area contributed by atoms with Crippen molar-refractivity contribution < 1.29 is 4.79 Å². The second kappa shape index (κ2) is 6.85. The van der Waals surface area contributed by atoms with Crippen LogP contribution in [0.5, 0.6) is 0 Å². The summed E-state index contributed by atoms with van der Waals surface area (Å²) in [4.78, 5) is 19.9. The predicted octanol–water partition coefficient (Wildman–Crippen LogP) is 3.12. The molecular weight excluding hydrogens is 373 g/mol. The summed E-state index contributed by atoms with van der Waals surface area (Å²) in [5, 5.41) is 3.50. The summed E-state index contributed by atoms with van der Waals surface area (Å²) in [7, 11) is 0. The molecule has 6 heteroatoms. The van der Waals surface area contributed by atoms with Crippen molar-refractivity contribution in [2.24, 2.45) is 0 Å². The normalized spacial score (nSPS) is 10.2. The molecule has 1 aromatic carbocycles. The Morgan fingerprint density at radius 1 is 1.37 bits per heavy atom. The van der Waals surface area contributed by atoms with E-state index in [1.807, 2.05) is 25.1 Å². The maximum absolute atomic E-state index is 11.8. The highest BCUT2D eigenvalue weighted by atomic mass is 127. The van der Waals surface area contributed by atoms with Gasteiger partial charge in [-0.1, -0.05) is 11.8 Å². The minimum absolute atomic E-state index is 0.0539. The molecule has 0 saturated carbocycles. The summed E-state index contributed by atoms with van der Waals surface area (Å²) in [6.07, 6.45) is 3.33. The Balaban J connectivity index is 1.91. The van der Waals surface area contributed by atoms with E-state index < -0.39 is 0 Å².